The normalized spacial score (nSPS) is 10.4. The third-order valence-electron chi connectivity index (χ3n) is 2.42. The zero-order valence-corrected chi connectivity index (χ0v) is 11.8. The van der Waals surface area contributed by atoms with Crippen molar-refractivity contribution in [2.75, 3.05) is 18.5 Å². The average molecular weight is 298 g/mol. The van der Waals surface area contributed by atoms with Crippen molar-refractivity contribution in [1.82, 2.24) is 8.75 Å². The Morgan fingerprint density at radius 1 is 1.53 bits per heavy atom. The second kappa shape index (κ2) is 5.99. The van der Waals surface area contributed by atoms with E-state index in [9.17, 15) is 4.79 Å². The standard InChI is InChI=1S/C12H12ClN3O2S/c1-3-18-12(17)7(2)6-14-10-8(13)4-5-9-11(10)16-19-15-9/h4-5,14H,2-3,6H2,1H3. The van der Waals surface area contributed by atoms with E-state index in [1.807, 2.05) is 0 Å². The van der Waals surface area contributed by atoms with Crippen molar-refractivity contribution in [3.05, 3.63) is 29.3 Å². The van der Waals surface area contributed by atoms with E-state index in [1.54, 1.807) is 19.1 Å². The van der Waals surface area contributed by atoms with Gasteiger partial charge in [-0.15, -0.1) is 0 Å². The highest BCUT2D eigenvalue weighted by Crippen LogP contribution is 2.29. The van der Waals surface area contributed by atoms with Gasteiger partial charge >= 0.3 is 5.97 Å². The van der Waals surface area contributed by atoms with Crippen LogP contribution in [0.2, 0.25) is 5.02 Å². The van der Waals surface area contributed by atoms with E-state index in [1.165, 1.54) is 0 Å². The largest absolute Gasteiger partial charge is 0.463 e. The van der Waals surface area contributed by atoms with E-state index in [-0.39, 0.29) is 6.54 Å². The molecule has 0 amide bonds. The van der Waals surface area contributed by atoms with Gasteiger partial charge in [0.25, 0.3) is 0 Å². The minimum absolute atomic E-state index is 0.245. The minimum Gasteiger partial charge on any atom is -0.463 e. The maximum Gasteiger partial charge on any atom is 0.335 e. The highest BCUT2D eigenvalue weighted by Gasteiger charge is 2.12. The van der Waals surface area contributed by atoms with Gasteiger partial charge in [-0.1, -0.05) is 18.2 Å². The van der Waals surface area contributed by atoms with Crippen LogP contribution in [0.25, 0.3) is 11.0 Å². The predicted octanol–water partition coefficient (Wildman–Crippen LogP) is 2.88. The molecule has 0 unspecified atom stereocenters. The second-order valence-corrected chi connectivity index (χ2v) is 4.67. The number of esters is 1. The number of rotatable bonds is 5. The fourth-order valence-electron chi connectivity index (χ4n) is 1.50. The molecule has 1 aromatic heterocycles. The molecular weight excluding hydrogens is 286 g/mol. The van der Waals surface area contributed by atoms with Gasteiger partial charge in [0.15, 0.2) is 0 Å². The van der Waals surface area contributed by atoms with E-state index in [0.717, 1.165) is 17.2 Å². The molecule has 0 aliphatic carbocycles. The second-order valence-electron chi connectivity index (χ2n) is 3.73. The van der Waals surface area contributed by atoms with Crippen LogP contribution in [-0.2, 0) is 9.53 Å². The Labute approximate surface area is 119 Å². The number of ether oxygens (including phenoxy) is 1. The topological polar surface area (TPSA) is 64.1 Å². The summed E-state index contributed by atoms with van der Waals surface area (Å²) in [5.41, 5.74) is 2.43. The summed E-state index contributed by atoms with van der Waals surface area (Å²) < 4.78 is 13.2. The van der Waals surface area contributed by atoms with Gasteiger partial charge in [-0.2, -0.15) is 8.75 Å². The SMILES string of the molecule is C=C(CNc1c(Cl)ccc2nsnc12)C(=O)OCC. The van der Waals surface area contributed by atoms with Gasteiger partial charge < -0.3 is 10.1 Å². The van der Waals surface area contributed by atoms with Crippen LogP contribution in [-0.4, -0.2) is 27.9 Å². The van der Waals surface area contributed by atoms with E-state index in [2.05, 4.69) is 20.6 Å². The summed E-state index contributed by atoms with van der Waals surface area (Å²) in [6.07, 6.45) is 0. The molecule has 0 atom stereocenters. The number of halogens is 1. The van der Waals surface area contributed by atoms with Crippen LogP contribution in [0.1, 0.15) is 6.92 Å². The van der Waals surface area contributed by atoms with Crippen LogP contribution in [0.4, 0.5) is 5.69 Å². The van der Waals surface area contributed by atoms with Crippen LogP contribution >= 0.6 is 23.3 Å². The summed E-state index contributed by atoms with van der Waals surface area (Å²) in [7, 11) is 0. The van der Waals surface area contributed by atoms with Crippen LogP contribution < -0.4 is 5.32 Å². The third-order valence-corrected chi connectivity index (χ3v) is 3.28. The number of carbonyl (C=O) groups excluding carboxylic acids is 1. The molecule has 0 radical (unpaired) electrons. The Morgan fingerprint density at radius 2 is 2.32 bits per heavy atom. The number of aromatic nitrogens is 2. The molecule has 0 aliphatic rings. The summed E-state index contributed by atoms with van der Waals surface area (Å²) in [4.78, 5) is 11.4. The molecule has 2 rings (SSSR count). The van der Waals surface area contributed by atoms with E-state index < -0.39 is 5.97 Å². The Hall–Kier alpha value is -1.66. The Bertz CT molecular complexity index is 626. The van der Waals surface area contributed by atoms with E-state index >= 15 is 0 Å². The predicted molar refractivity (Wildman–Crippen MR) is 76.7 cm³/mol. The van der Waals surface area contributed by atoms with Gasteiger partial charge in [0.1, 0.15) is 11.0 Å². The van der Waals surface area contributed by atoms with Crippen LogP contribution in [0.3, 0.4) is 0 Å². The molecular formula is C12H12ClN3O2S. The summed E-state index contributed by atoms with van der Waals surface area (Å²) in [6, 6.07) is 3.53. The van der Waals surface area contributed by atoms with Gasteiger partial charge in [0, 0.05) is 12.1 Å². The minimum atomic E-state index is -0.422. The molecule has 0 fully saturated rings. The zero-order valence-electron chi connectivity index (χ0n) is 10.3. The van der Waals surface area contributed by atoms with Crippen LogP contribution in [0.5, 0.6) is 0 Å². The van der Waals surface area contributed by atoms with Crippen molar-refractivity contribution in [1.29, 1.82) is 0 Å². The lowest BCUT2D eigenvalue weighted by molar-refractivity contribution is -0.138. The molecule has 0 bridgehead atoms. The highest BCUT2D eigenvalue weighted by molar-refractivity contribution is 7.00. The van der Waals surface area contributed by atoms with Gasteiger partial charge in [-0.05, 0) is 19.1 Å². The third kappa shape index (κ3) is 3.02. The fraction of sp³-hybridized carbons (Fsp3) is 0.250. The average Bonchev–Trinajstić information content (AvgIpc) is 2.86. The molecule has 7 heteroatoms. The number of hydrogen-bond acceptors (Lipinski definition) is 6. The maximum atomic E-state index is 11.4. The molecule has 0 spiro atoms. The highest BCUT2D eigenvalue weighted by atomic mass is 35.5. The number of carbonyl (C=O) groups is 1. The molecule has 1 N–H and O–H groups in total. The number of fused-ring (bicyclic) bond motifs is 1. The summed E-state index contributed by atoms with van der Waals surface area (Å²) in [5.74, 6) is -0.422. The van der Waals surface area contributed by atoms with Gasteiger partial charge in [-0.25, -0.2) is 4.79 Å². The lowest BCUT2D eigenvalue weighted by atomic mass is 10.2. The fourth-order valence-corrected chi connectivity index (χ4v) is 2.26. The van der Waals surface area contributed by atoms with E-state index in [0.29, 0.717) is 28.4 Å². The Balaban J connectivity index is 2.13. The summed E-state index contributed by atoms with van der Waals surface area (Å²) in [5, 5.41) is 3.58. The first-order chi connectivity index (χ1) is 9.13. The van der Waals surface area contributed by atoms with Crippen molar-refractivity contribution in [3.63, 3.8) is 0 Å². The Morgan fingerprint density at radius 3 is 3.05 bits per heavy atom. The molecule has 100 valence electrons. The zero-order chi connectivity index (χ0) is 13.8. The van der Waals surface area contributed by atoms with Crippen LogP contribution in [0.15, 0.2) is 24.3 Å². The van der Waals surface area contributed by atoms with Gasteiger partial charge in [-0.3, -0.25) is 0 Å². The molecule has 0 saturated carbocycles. The van der Waals surface area contributed by atoms with E-state index in [4.69, 9.17) is 16.3 Å². The molecule has 1 heterocycles. The van der Waals surface area contributed by atoms with Crippen molar-refractivity contribution >= 4 is 46.0 Å². The molecule has 2 aromatic rings. The molecule has 1 aromatic carbocycles. The number of benzene rings is 1. The first-order valence-corrected chi connectivity index (χ1v) is 6.73. The molecule has 0 aliphatic heterocycles. The first-order valence-electron chi connectivity index (χ1n) is 5.63. The number of nitrogens with zero attached hydrogens (tertiary/aromatic N) is 2. The number of anilines is 1. The number of hydrogen-bond donors (Lipinski definition) is 1. The van der Waals surface area contributed by atoms with Crippen molar-refractivity contribution < 1.29 is 9.53 Å². The maximum absolute atomic E-state index is 11.4. The van der Waals surface area contributed by atoms with Crippen molar-refractivity contribution in [3.8, 4) is 0 Å². The monoisotopic (exact) mass is 297 g/mol. The summed E-state index contributed by atoms with van der Waals surface area (Å²) >= 11 is 7.22. The van der Waals surface area contributed by atoms with Crippen molar-refractivity contribution in [2.45, 2.75) is 6.92 Å². The summed E-state index contributed by atoms with van der Waals surface area (Å²) in [6.45, 7) is 5.99. The Kier molecular flexibility index (Phi) is 4.34. The quantitative estimate of drug-likeness (QED) is 0.679. The van der Waals surface area contributed by atoms with Gasteiger partial charge in [0.05, 0.1) is 29.0 Å². The van der Waals surface area contributed by atoms with Crippen molar-refractivity contribution in [2.24, 2.45) is 0 Å². The smallest absolute Gasteiger partial charge is 0.335 e. The molecule has 5 nitrogen and oxygen atoms in total. The van der Waals surface area contributed by atoms with Crippen LogP contribution in [0, 0.1) is 0 Å². The lowest BCUT2D eigenvalue weighted by Crippen LogP contribution is -2.15. The first kappa shape index (κ1) is 13.8. The number of nitrogens with one attached hydrogen (secondary N) is 1. The van der Waals surface area contributed by atoms with Gasteiger partial charge in [0.2, 0.25) is 0 Å². The lowest BCUT2D eigenvalue weighted by Gasteiger charge is -2.10. The molecule has 0 saturated heterocycles. The molecule has 19 heavy (non-hydrogen) atoms.